The molecule has 2 bridgehead atoms. The van der Waals surface area contributed by atoms with E-state index in [-0.39, 0.29) is 52.5 Å². The Bertz CT molecular complexity index is 1050. The second kappa shape index (κ2) is 6.76. The van der Waals surface area contributed by atoms with Gasteiger partial charge in [-0.2, -0.15) is 0 Å². The first-order valence-corrected chi connectivity index (χ1v) is 9.88. The minimum atomic E-state index is -0.676. The molecule has 8 nitrogen and oxygen atoms in total. The van der Waals surface area contributed by atoms with Gasteiger partial charge < -0.3 is 4.74 Å². The lowest BCUT2D eigenvalue weighted by atomic mass is 9.81. The summed E-state index contributed by atoms with van der Waals surface area (Å²) >= 11 is 0. The molecule has 1 heterocycles. The zero-order valence-corrected chi connectivity index (χ0v) is 15.9. The summed E-state index contributed by atoms with van der Waals surface area (Å²) in [5.41, 5.74) is 0.450. The van der Waals surface area contributed by atoms with Crippen molar-refractivity contribution >= 4 is 29.2 Å². The Morgan fingerprint density at radius 2 is 1.63 bits per heavy atom. The number of hydrogen-bond acceptors (Lipinski definition) is 6. The van der Waals surface area contributed by atoms with Crippen LogP contribution in [0.15, 0.2) is 48.5 Å². The van der Waals surface area contributed by atoms with Gasteiger partial charge in [0.05, 0.1) is 28.0 Å². The lowest BCUT2D eigenvalue weighted by molar-refractivity contribution is -0.384. The number of ether oxygens (including phenoxy) is 1. The Morgan fingerprint density at radius 3 is 2.23 bits per heavy atom. The minimum Gasteiger partial charge on any atom is -0.423 e. The molecule has 0 unspecified atom stereocenters. The number of imide groups is 1. The Labute approximate surface area is 171 Å². The molecule has 2 aromatic carbocycles. The summed E-state index contributed by atoms with van der Waals surface area (Å²) in [6.07, 6.45) is 2.96. The Morgan fingerprint density at radius 1 is 1.00 bits per heavy atom. The first-order chi connectivity index (χ1) is 14.4. The Balaban J connectivity index is 1.37. The highest BCUT2D eigenvalue weighted by atomic mass is 16.6. The summed E-state index contributed by atoms with van der Waals surface area (Å²) in [5.74, 6) is -0.732. The van der Waals surface area contributed by atoms with Gasteiger partial charge >= 0.3 is 5.97 Å². The molecule has 1 saturated heterocycles. The van der Waals surface area contributed by atoms with Gasteiger partial charge in [0.25, 0.3) is 5.69 Å². The third-order valence-corrected chi connectivity index (χ3v) is 6.53. The van der Waals surface area contributed by atoms with E-state index in [1.807, 2.05) is 0 Å². The maximum Gasteiger partial charge on any atom is 0.343 e. The molecule has 2 amide bonds. The second-order valence-electron chi connectivity index (χ2n) is 8.09. The highest BCUT2D eigenvalue weighted by Crippen LogP contribution is 2.56. The van der Waals surface area contributed by atoms with Gasteiger partial charge in [0, 0.05) is 12.1 Å². The van der Waals surface area contributed by atoms with Crippen molar-refractivity contribution in [2.75, 3.05) is 4.90 Å². The lowest BCUT2D eigenvalue weighted by Crippen LogP contribution is -2.32. The first kappa shape index (κ1) is 18.5. The summed E-state index contributed by atoms with van der Waals surface area (Å²) < 4.78 is 5.28. The quantitative estimate of drug-likeness (QED) is 0.253. The monoisotopic (exact) mass is 406 g/mol. The van der Waals surface area contributed by atoms with Crippen LogP contribution in [0.25, 0.3) is 0 Å². The molecule has 8 heteroatoms. The fourth-order valence-corrected chi connectivity index (χ4v) is 5.24. The second-order valence-corrected chi connectivity index (χ2v) is 8.09. The topological polar surface area (TPSA) is 107 Å². The van der Waals surface area contributed by atoms with Gasteiger partial charge in [-0.15, -0.1) is 0 Å². The lowest BCUT2D eigenvalue weighted by Gasteiger charge is -2.19. The molecule has 2 saturated carbocycles. The summed E-state index contributed by atoms with van der Waals surface area (Å²) in [6, 6.07) is 11.4. The van der Waals surface area contributed by atoms with Crippen molar-refractivity contribution in [3.8, 4) is 5.75 Å². The third-order valence-electron chi connectivity index (χ3n) is 6.53. The molecule has 3 fully saturated rings. The van der Waals surface area contributed by atoms with Gasteiger partial charge in [0.1, 0.15) is 5.75 Å². The van der Waals surface area contributed by atoms with E-state index < -0.39 is 10.9 Å². The van der Waals surface area contributed by atoms with Crippen LogP contribution < -0.4 is 9.64 Å². The van der Waals surface area contributed by atoms with Crippen molar-refractivity contribution in [2.24, 2.45) is 23.7 Å². The number of fused-ring (bicyclic) bond motifs is 5. The molecule has 1 aliphatic heterocycles. The summed E-state index contributed by atoms with van der Waals surface area (Å²) in [4.78, 5) is 49.9. The molecule has 0 radical (unpaired) electrons. The average Bonchev–Trinajstić information content (AvgIpc) is 3.42. The van der Waals surface area contributed by atoms with E-state index in [1.165, 1.54) is 41.3 Å². The van der Waals surface area contributed by atoms with Crippen LogP contribution in [-0.4, -0.2) is 22.7 Å². The van der Waals surface area contributed by atoms with Crippen LogP contribution in [0.1, 0.15) is 29.6 Å². The Hall–Kier alpha value is -3.55. The zero-order valence-electron chi connectivity index (χ0n) is 15.9. The molecule has 0 aromatic heterocycles. The number of nitro groups is 1. The molecule has 30 heavy (non-hydrogen) atoms. The number of amides is 2. The fourth-order valence-electron chi connectivity index (χ4n) is 5.24. The number of rotatable bonds is 4. The number of carbonyl (C=O) groups excluding carboxylic acids is 3. The normalized spacial score (nSPS) is 26.7. The number of carbonyl (C=O) groups is 3. The third kappa shape index (κ3) is 2.79. The van der Waals surface area contributed by atoms with Crippen LogP contribution in [0.5, 0.6) is 5.75 Å². The zero-order chi connectivity index (χ0) is 21.0. The summed E-state index contributed by atoms with van der Waals surface area (Å²) in [6.45, 7) is 0. The van der Waals surface area contributed by atoms with E-state index >= 15 is 0 Å². The van der Waals surface area contributed by atoms with Crippen molar-refractivity contribution in [3.63, 3.8) is 0 Å². The van der Waals surface area contributed by atoms with Gasteiger partial charge in [-0.25, -0.2) is 4.79 Å². The highest BCUT2D eigenvalue weighted by molar-refractivity contribution is 6.22. The minimum absolute atomic E-state index is 0.109. The molecular weight excluding hydrogens is 388 g/mol. The van der Waals surface area contributed by atoms with Crippen LogP contribution >= 0.6 is 0 Å². The molecular formula is C22H18N2O6. The van der Waals surface area contributed by atoms with Gasteiger partial charge in [-0.3, -0.25) is 24.6 Å². The number of non-ortho nitro benzene ring substituents is 1. The van der Waals surface area contributed by atoms with Crippen LogP contribution in [0, 0.1) is 33.8 Å². The SMILES string of the molecule is O=C(Oc1ccc([N+](=O)[O-])cc1)c1cccc(N2C(=O)[C@@H]3[C@@H]4CC[C@@H](C4)[C@@H]3C2=O)c1. The van der Waals surface area contributed by atoms with Crippen molar-refractivity contribution in [1.82, 2.24) is 0 Å². The first-order valence-electron chi connectivity index (χ1n) is 9.88. The predicted octanol–water partition coefficient (Wildman–Crippen LogP) is 3.35. The maximum atomic E-state index is 13.0. The van der Waals surface area contributed by atoms with Crippen LogP contribution in [0.4, 0.5) is 11.4 Å². The smallest absolute Gasteiger partial charge is 0.343 e. The van der Waals surface area contributed by atoms with Crippen LogP contribution in [-0.2, 0) is 9.59 Å². The van der Waals surface area contributed by atoms with Crippen molar-refractivity contribution < 1.29 is 24.0 Å². The highest BCUT2D eigenvalue weighted by Gasteiger charge is 2.61. The summed E-state index contributed by atoms with van der Waals surface area (Å²) in [5, 5.41) is 10.7. The van der Waals surface area contributed by atoms with Gasteiger partial charge in [-0.1, -0.05) is 6.07 Å². The molecule has 2 aromatic rings. The average molecular weight is 406 g/mol. The fraction of sp³-hybridized carbons (Fsp3) is 0.318. The molecule has 5 rings (SSSR count). The van der Waals surface area contributed by atoms with Crippen LogP contribution in [0.2, 0.25) is 0 Å². The van der Waals surface area contributed by atoms with E-state index in [0.29, 0.717) is 5.69 Å². The van der Waals surface area contributed by atoms with E-state index in [0.717, 1.165) is 19.3 Å². The molecule has 2 aliphatic carbocycles. The van der Waals surface area contributed by atoms with Gasteiger partial charge in [-0.05, 0) is 61.4 Å². The van der Waals surface area contributed by atoms with E-state index in [1.54, 1.807) is 12.1 Å². The van der Waals surface area contributed by atoms with Crippen molar-refractivity contribution in [1.29, 1.82) is 0 Å². The van der Waals surface area contributed by atoms with Crippen LogP contribution in [0.3, 0.4) is 0 Å². The van der Waals surface area contributed by atoms with Crippen molar-refractivity contribution in [2.45, 2.75) is 19.3 Å². The standard InChI is InChI=1S/C22H18N2O6/c25-20-18-12-4-5-13(10-12)19(18)21(26)23(20)16-3-1-2-14(11-16)22(27)30-17-8-6-15(7-9-17)24(28)29/h1-3,6-9,11-13,18-19H,4-5,10H2/t12-,13+,18-,19+. The molecule has 4 atom stereocenters. The number of benzene rings is 2. The van der Waals surface area contributed by atoms with Gasteiger partial charge in [0.15, 0.2) is 0 Å². The summed E-state index contributed by atoms with van der Waals surface area (Å²) in [7, 11) is 0. The van der Waals surface area contributed by atoms with E-state index in [2.05, 4.69) is 0 Å². The molecule has 0 N–H and O–H groups in total. The maximum absolute atomic E-state index is 13.0. The Kier molecular flexibility index (Phi) is 4.16. The van der Waals surface area contributed by atoms with E-state index in [9.17, 15) is 24.5 Å². The van der Waals surface area contributed by atoms with Crippen molar-refractivity contribution in [3.05, 3.63) is 64.2 Å². The molecule has 0 spiro atoms. The number of hydrogen-bond donors (Lipinski definition) is 0. The number of anilines is 1. The number of esters is 1. The van der Waals surface area contributed by atoms with Gasteiger partial charge in [0.2, 0.25) is 11.8 Å². The predicted molar refractivity (Wildman–Crippen MR) is 105 cm³/mol. The molecule has 152 valence electrons. The number of nitrogens with zero attached hydrogens (tertiary/aromatic N) is 2. The number of nitro benzene ring substituents is 1. The largest absolute Gasteiger partial charge is 0.423 e. The molecule has 3 aliphatic rings. The van der Waals surface area contributed by atoms with E-state index in [4.69, 9.17) is 4.74 Å².